The molecule has 6 nitrogen and oxygen atoms in total. The highest BCUT2D eigenvalue weighted by Gasteiger charge is 2.42. The van der Waals surface area contributed by atoms with Gasteiger partial charge in [-0.05, 0) is 31.9 Å². The van der Waals surface area contributed by atoms with Crippen LogP contribution >= 0.6 is 0 Å². The molecule has 6 heteroatoms. The van der Waals surface area contributed by atoms with Crippen LogP contribution in [0.5, 0.6) is 5.75 Å². The molecule has 3 aromatic rings. The van der Waals surface area contributed by atoms with Gasteiger partial charge in [-0.2, -0.15) is 0 Å². The number of hydrogen-bond donors (Lipinski definition) is 1. The van der Waals surface area contributed by atoms with Crippen molar-refractivity contribution >= 4 is 16.9 Å². The van der Waals surface area contributed by atoms with Gasteiger partial charge in [0.05, 0.1) is 5.52 Å². The summed E-state index contributed by atoms with van der Waals surface area (Å²) in [5.74, 6) is 0.467. The number of aromatic nitrogens is 2. The van der Waals surface area contributed by atoms with Crippen LogP contribution in [-0.4, -0.2) is 29.6 Å². The topological polar surface area (TPSA) is 65.4 Å². The van der Waals surface area contributed by atoms with Crippen molar-refractivity contribution in [2.75, 3.05) is 14.2 Å². The third-order valence-electron chi connectivity index (χ3n) is 5.79. The predicted octanol–water partition coefficient (Wildman–Crippen LogP) is 3.37. The molecule has 1 N–H and O–H groups in total. The fourth-order valence-electron chi connectivity index (χ4n) is 4.09. The molecule has 28 heavy (non-hydrogen) atoms. The summed E-state index contributed by atoms with van der Waals surface area (Å²) in [6.07, 6.45) is 1.27. The maximum Gasteiger partial charge on any atom is 0.251 e. The Morgan fingerprint density at radius 2 is 2.07 bits per heavy atom. The normalized spacial score (nSPS) is 18.6. The number of ether oxygens (including phenoxy) is 2. The second kappa shape index (κ2) is 6.63. The quantitative estimate of drug-likeness (QED) is 0.758. The first-order valence-corrected chi connectivity index (χ1v) is 9.43. The van der Waals surface area contributed by atoms with Gasteiger partial charge in [0, 0.05) is 44.3 Å². The molecular formula is C22H25N3O3. The van der Waals surface area contributed by atoms with Gasteiger partial charge in [0.25, 0.3) is 5.91 Å². The molecular weight excluding hydrogens is 354 g/mol. The largest absolute Gasteiger partial charge is 0.455 e. The molecule has 0 bridgehead atoms. The van der Waals surface area contributed by atoms with E-state index in [1.165, 1.54) is 0 Å². The number of fused-ring (bicyclic) bond motifs is 3. The van der Waals surface area contributed by atoms with Crippen LogP contribution in [0, 0.1) is 13.8 Å². The van der Waals surface area contributed by atoms with E-state index in [0.717, 1.165) is 33.5 Å². The fourth-order valence-corrected chi connectivity index (χ4v) is 4.09. The van der Waals surface area contributed by atoms with Crippen LogP contribution in [0.15, 0.2) is 30.3 Å². The van der Waals surface area contributed by atoms with E-state index < -0.39 is 5.79 Å². The van der Waals surface area contributed by atoms with E-state index in [4.69, 9.17) is 14.5 Å². The Labute approximate surface area is 164 Å². The third-order valence-corrected chi connectivity index (χ3v) is 5.79. The van der Waals surface area contributed by atoms with Crippen molar-refractivity contribution in [1.82, 2.24) is 14.9 Å². The van der Waals surface area contributed by atoms with Crippen molar-refractivity contribution in [2.24, 2.45) is 7.05 Å². The molecule has 1 amide bonds. The smallest absolute Gasteiger partial charge is 0.251 e. The Hall–Kier alpha value is -2.86. The minimum absolute atomic E-state index is 0.124. The number of rotatable bonds is 3. The van der Waals surface area contributed by atoms with Crippen molar-refractivity contribution in [2.45, 2.75) is 32.5 Å². The van der Waals surface area contributed by atoms with Gasteiger partial charge in [-0.25, -0.2) is 4.98 Å². The van der Waals surface area contributed by atoms with Gasteiger partial charge < -0.3 is 19.4 Å². The summed E-state index contributed by atoms with van der Waals surface area (Å²) in [5.41, 5.74) is 5.23. The number of benzene rings is 2. The highest BCUT2D eigenvalue weighted by atomic mass is 16.7. The molecule has 1 atom stereocenters. The van der Waals surface area contributed by atoms with Crippen molar-refractivity contribution in [3.05, 3.63) is 58.4 Å². The number of amides is 1. The van der Waals surface area contributed by atoms with Crippen LogP contribution in [-0.2, 0) is 24.0 Å². The third kappa shape index (κ3) is 2.59. The second-order valence-corrected chi connectivity index (χ2v) is 7.27. The molecule has 1 unspecified atom stereocenters. The number of imidazole rings is 1. The molecule has 1 aliphatic heterocycles. The highest BCUT2D eigenvalue weighted by Crippen LogP contribution is 2.45. The minimum Gasteiger partial charge on any atom is -0.455 e. The maximum absolute atomic E-state index is 12.6. The summed E-state index contributed by atoms with van der Waals surface area (Å²) in [6.45, 7) is 4.00. The number of aryl methyl sites for hydroxylation is 3. The maximum atomic E-state index is 12.6. The Kier molecular flexibility index (Phi) is 4.38. The first kappa shape index (κ1) is 18.5. The van der Waals surface area contributed by atoms with Crippen LogP contribution < -0.4 is 10.1 Å². The molecule has 0 fully saturated rings. The van der Waals surface area contributed by atoms with E-state index in [-0.39, 0.29) is 5.91 Å². The molecule has 0 aliphatic carbocycles. The van der Waals surface area contributed by atoms with Crippen LogP contribution in [0.3, 0.4) is 0 Å². The van der Waals surface area contributed by atoms with Crippen molar-refractivity contribution in [3.8, 4) is 5.75 Å². The molecule has 0 spiro atoms. The molecule has 0 saturated heterocycles. The van der Waals surface area contributed by atoms with Crippen LogP contribution in [0.2, 0.25) is 0 Å². The van der Waals surface area contributed by atoms with E-state index in [2.05, 4.69) is 18.3 Å². The lowest BCUT2D eigenvalue weighted by molar-refractivity contribution is -0.183. The summed E-state index contributed by atoms with van der Waals surface area (Å²) in [5, 5.41) is 2.74. The summed E-state index contributed by atoms with van der Waals surface area (Å²) < 4.78 is 14.5. The average Bonchev–Trinajstić information content (AvgIpc) is 3.01. The Balaban J connectivity index is 1.98. The first-order chi connectivity index (χ1) is 13.4. The van der Waals surface area contributed by atoms with Gasteiger partial charge >= 0.3 is 0 Å². The summed E-state index contributed by atoms with van der Waals surface area (Å²) in [4.78, 5) is 17.3. The average molecular weight is 379 g/mol. The zero-order chi connectivity index (χ0) is 20.1. The lowest BCUT2D eigenvalue weighted by atomic mass is 9.89. The SMILES string of the molecule is CNC(=O)c1cc2c(nc(C)n2C)c2c1CCC(OC)(c1ccccc1C)O2. The van der Waals surface area contributed by atoms with Gasteiger partial charge in [0.2, 0.25) is 5.79 Å². The first-order valence-electron chi connectivity index (χ1n) is 9.43. The summed E-state index contributed by atoms with van der Waals surface area (Å²) in [6, 6.07) is 9.99. The summed E-state index contributed by atoms with van der Waals surface area (Å²) in [7, 11) is 5.25. The van der Waals surface area contributed by atoms with E-state index >= 15 is 0 Å². The number of carbonyl (C=O) groups is 1. The van der Waals surface area contributed by atoms with Crippen molar-refractivity contribution in [1.29, 1.82) is 0 Å². The number of carbonyl (C=O) groups excluding carboxylic acids is 1. The molecule has 4 rings (SSSR count). The van der Waals surface area contributed by atoms with Crippen molar-refractivity contribution < 1.29 is 14.3 Å². The number of methoxy groups -OCH3 is 1. The standard InChI is InChI=1S/C22H25N3O3/c1-13-8-6-7-9-17(13)22(27-5)11-10-15-16(21(26)23-3)12-18-19(20(15)28-22)24-14(2)25(18)4/h6-9,12H,10-11H2,1-5H3,(H,23,26). The molecule has 0 saturated carbocycles. The van der Waals surface area contributed by atoms with Crippen LogP contribution in [0.25, 0.3) is 11.0 Å². The Bertz CT molecular complexity index is 1090. The second-order valence-electron chi connectivity index (χ2n) is 7.27. The van der Waals surface area contributed by atoms with Gasteiger partial charge in [0.1, 0.15) is 11.3 Å². The fraction of sp³-hybridized carbons (Fsp3) is 0.364. The van der Waals surface area contributed by atoms with E-state index in [9.17, 15) is 4.79 Å². The van der Waals surface area contributed by atoms with Crippen LogP contribution in [0.4, 0.5) is 0 Å². The minimum atomic E-state index is -0.905. The lowest BCUT2D eigenvalue weighted by Gasteiger charge is -2.39. The highest BCUT2D eigenvalue weighted by molar-refractivity contribution is 6.01. The monoisotopic (exact) mass is 379 g/mol. The Morgan fingerprint density at radius 1 is 1.32 bits per heavy atom. The zero-order valence-electron chi connectivity index (χ0n) is 16.9. The molecule has 2 aromatic carbocycles. The summed E-state index contributed by atoms with van der Waals surface area (Å²) >= 11 is 0. The Morgan fingerprint density at radius 3 is 2.75 bits per heavy atom. The number of nitrogens with zero attached hydrogens (tertiary/aromatic N) is 2. The number of nitrogens with one attached hydrogen (secondary N) is 1. The molecule has 1 aliphatic rings. The van der Waals surface area contributed by atoms with Gasteiger partial charge in [-0.15, -0.1) is 0 Å². The van der Waals surface area contributed by atoms with Gasteiger partial charge in [-0.3, -0.25) is 4.79 Å². The van der Waals surface area contributed by atoms with E-state index in [1.54, 1.807) is 14.2 Å². The van der Waals surface area contributed by atoms with Crippen LogP contribution in [0.1, 0.15) is 39.3 Å². The molecule has 1 aromatic heterocycles. The van der Waals surface area contributed by atoms with Crippen molar-refractivity contribution in [3.63, 3.8) is 0 Å². The van der Waals surface area contributed by atoms with Gasteiger partial charge in [-0.1, -0.05) is 24.3 Å². The predicted molar refractivity (Wildman–Crippen MR) is 108 cm³/mol. The van der Waals surface area contributed by atoms with E-state index in [0.29, 0.717) is 24.2 Å². The van der Waals surface area contributed by atoms with E-state index in [1.807, 2.05) is 42.8 Å². The molecule has 0 radical (unpaired) electrons. The zero-order valence-corrected chi connectivity index (χ0v) is 16.9. The number of hydrogen-bond acceptors (Lipinski definition) is 4. The molecule has 146 valence electrons. The lowest BCUT2D eigenvalue weighted by Crippen LogP contribution is -2.40. The molecule has 2 heterocycles. The van der Waals surface area contributed by atoms with Gasteiger partial charge in [0.15, 0.2) is 5.75 Å².